The van der Waals surface area contributed by atoms with Crippen molar-refractivity contribution in [2.24, 2.45) is 10.8 Å². The van der Waals surface area contributed by atoms with E-state index < -0.39 is 41.5 Å². The average Bonchev–Trinajstić information content (AvgIpc) is 3.46. The number of nitrogens with two attached hydrogens (primary N) is 1. The minimum Gasteiger partial charge on any atom is -0.468 e. The summed E-state index contributed by atoms with van der Waals surface area (Å²) in [5, 5.41) is 5.21. The molecular formula is C22H18F3N7O3. The third-order valence-electron chi connectivity index (χ3n) is 5.61. The van der Waals surface area contributed by atoms with Crippen LogP contribution in [0.2, 0.25) is 0 Å². The second-order valence-corrected chi connectivity index (χ2v) is 7.98. The quantitative estimate of drug-likeness (QED) is 0.595. The Morgan fingerprint density at radius 2 is 1.86 bits per heavy atom. The van der Waals surface area contributed by atoms with Crippen LogP contribution < -0.4 is 10.5 Å². The molecule has 2 aliphatic rings. The van der Waals surface area contributed by atoms with E-state index >= 15 is 0 Å². The third-order valence-corrected chi connectivity index (χ3v) is 5.61. The summed E-state index contributed by atoms with van der Waals surface area (Å²) in [5.74, 6) is -3.37. The first-order valence-corrected chi connectivity index (χ1v) is 10.5. The Morgan fingerprint density at radius 3 is 2.57 bits per heavy atom. The maximum atomic E-state index is 14.3. The Kier molecular flexibility index (Phi) is 5.59. The summed E-state index contributed by atoms with van der Waals surface area (Å²) in [6.45, 7) is 0.230. The Hall–Kier alpha value is -4.42. The van der Waals surface area contributed by atoms with Crippen LogP contribution in [-0.2, 0) is 0 Å². The third kappa shape index (κ3) is 4.27. The Bertz CT molecular complexity index is 1320. The molecule has 2 aromatic heterocycles. The molecule has 3 amide bonds. The number of urea groups is 1. The number of hydrogen-bond donors (Lipinski definition) is 1. The van der Waals surface area contributed by atoms with E-state index in [1.807, 2.05) is 0 Å². The van der Waals surface area contributed by atoms with Gasteiger partial charge in [0.05, 0.1) is 25.3 Å². The van der Waals surface area contributed by atoms with Gasteiger partial charge in [-0.2, -0.15) is 14.5 Å². The highest BCUT2D eigenvalue weighted by Crippen LogP contribution is 2.31. The normalized spacial score (nSPS) is 17.5. The molecule has 10 nitrogen and oxygen atoms in total. The molecule has 1 fully saturated rings. The van der Waals surface area contributed by atoms with Crippen molar-refractivity contribution in [3.8, 4) is 11.8 Å². The molecule has 0 bridgehead atoms. The SMILES string of the molecule is NC(=O)c1cccn1-c1ncc(F)c(OC2CN(C(=O)N3N=CCC3c3cc(F)cc(F)c3)C2)n1. The van der Waals surface area contributed by atoms with Gasteiger partial charge in [-0.05, 0) is 29.8 Å². The second-order valence-electron chi connectivity index (χ2n) is 7.98. The van der Waals surface area contributed by atoms with Crippen LogP contribution in [0.15, 0.2) is 47.8 Å². The fourth-order valence-electron chi connectivity index (χ4n) is 3.91. The van der Waals surface area contributed by atoms with E-state index in [0.717, 1.165) is 29.4 Å². The van der Waals surface area contributed by atoms with Crippen molar-refractivity contribution >= 4 is 18.2 Å². The standard InChI is InChI=1S/C22H18F3N7O3/c23-13-6-12(7-14(24)8-13)17-3-4-28-32(17)22(34)30-10-15(11-30)35-20-16(25)9-27-21(29-20)31-5-1-2-18(31)19(26)33/h1-2,4-9,15,17H,3,10-11H2,(H2,26,33). The highest BCUT2D eigenvalue weighted by Gasteiger charge is 2.39. The molecule has 1 atom stereocenters. The van der Waals surface area contributed by atoms with Crippen LogP contribution in [0, 0.1) is 17.5 Å². The van der Waals surface area contributed by atoms with Crippen LogP contribution in [0.5, 0.6) is 5.88 Å². The van der Waals surface area contributed by atoms with Gasteiger partial charge in [-0.15, -0.1) is 0 Å². The minimum atomic E-state index is -0.816. The number of halogens is 3. The lowest BCUT2D eigenvalue weighted by molar-refractivity contribution is 0.0229. The number of likely N-dealkylation sites (tertiary alicyclic amines) is 1. The number of primary amides is 1. The van der Waals surface area contributed by atoms with Crippen LogP contribution >= 0.6 is 0 Å². The molecule has 13 heteroatoms. The van der Waals surface area contributed by atoms with Crippen molar-refractivity contribution < 1.29 is 27.5 Å². The Balaban J connectivity index is 1.25. The summed E-state index contributed by atoms with van der Waals surface area (Å²) in [6.07, 6.45) is 3.65. The average molecular weight is 485 g/mol. The second kappa shape index (κ2) is 8.74. The Morgan fingerprint density at radius 1 is 1.11 bits per heavy atom. The maximum absolute atomic E-state index is 14.3. The number of carbonyl (C=O) groups excluding carboxylic acids is 2. The molecule has 180 valence electrons. The molecule has 3 aromatic rings. The lowest BCUT2D eigenvalue weighted by atomic mass is 10.0. The summed E-state index contributed by atoms with van der Waals surface area (Å²) in [4.78, 5) is 33.8. The largest absolute Gasteiger partial charge is 0.468 e. The van der Waals surface area contributed by atoms with Crippen LogP contribution in [-0.4, -0.2) is 61.8 Å². The summed E-state index contributed by atoms with van der Waals surface area (Å²) < 4.78 is 48.5. The molecule has 5 rings (SSSR count). The zero-order chi connectivity index (χ0) is 24.7. The summed E-state index contributed by atoms with van der Waals surface area (Å²) in [7, 11) is 0. The van der Waals surface area contributed by atoms with E-state index in [1.165, 1.54) is 27.9 Å². The predicted octanol–water partition coefficient (Wildman–Crippen LogP) is 2.40. The summed E-state index contributed by atoms with van der Waals surface area (Å²) >= 11 is 0. The molecule has 1 unspecified atom stereocenters. The van der Waals surface area contributed by atoms with Gasteiger partial charge < -0.3 is 15.4 Å². The van der Waals surface area contributed by atoms with Gasteiger partial charge in [-0.25, -0.2) is 23.6 Å². The van der Waals surface area contributed by atoms with E-state index in [2.05, 4.69) is 15.1 Å². The number of hydrogen-bond acceptors (Lipinski definition) is 6. The van der Waals surface area contributed by atoms with E-state index in [0.29, 0.717) is 6.42 Å². The molecule has 35 heavy (non-hydrogen) atoms. The van der Waals surface area contributed by atoms with Crippen LogP contribution in [0.3, 0.4) is 0 Å². The van der Waals surface area contributed by atoms with Crippen molar-refractivity contribution in [2.45, 2.75) is 18.6 Å². The van der Waals surface area contributed by atoms with Crippen molar-refractivity contribution in [3.05, 3.63) is 71.4 Å². The highest BCUT2D eigenvalue weighted by atomic mass is 19.1. The number of hydrazone groups is 1. The van der Waals surface area contributed by atoms with E-state index in [-0.39, 0.29) is 36.2 Å². The van der Waals surface area contributed by atoms with Gasteiger partial charge in [0.1, 0.15) is 23.4 Å². The van der Waals surface area contributed by atoms with Crippen molar-refractivity contribution in [1.82, 2.24) is 24.4 Å². The van der Waals surface area contributed by atoms with Gasteiger partial charge in [-0.3, -0.25) is 9.36 Å². The molecule has 0 radical (unpaired) electrons. The predicted molar refractivity (Wildman–Crippen MR) is 115 cm³/mol. The number of nitrogens with zero attached hydrogens (tertiary/aromatic N) is 6. The molecular weight excluding hydrogens is 467 g/mol. The highest BCUT2D eigenvalue weighted by molar-refractivity contribution is 5.91. The molecule has 0 aliphatic carbocycles. The van der Waals surface area contributed by atoms with Crippen molar-refractivity contribution in [1.29, 1.82) is 0 Å². The zero-order valence-electron chi connectivity index (χ0n) is 18.0. The van der Waals surface area contributed by atoms with Gasteiger partial charge in [0.25, 0.3) is 11.8 Å². The zero-order valence-corrected chi connectivity index (χ0v) is 18.0. The first kappa shape index (κ1) is 22.4. The van der Waals surface area contributed by atoms with E-state index in [9.17, 15) is 22.8 Å². The minimum absolute atomic E-state index is 0.0102. The van der Waals surface area contributed by atoms with E-state index in [1.54, 1.807) is 6.07 Å². The maximum Gasteiger partial charge on any atom is 0.341 e. The lowest BCUT2D eigenvalue weighted by Gasteiger charge is -2.40. The van der Waals surface area contributed by atoms with Crippen molar-refractivity contribution in [3.63, 3.8) is 0 Å². The smallest absolute Gasteiger partial charge is 0.341 e. The van der Waals surface area contributed by atoms with Crippen LogP contribution in [0.25, 0.3) is 5.95 Å². The van der Waals surface area contributed by atoms with Crippen LogP contribution in [0.1, 0.15) is 28.5 Å². The number of carbonyl (C=O) groups is 2. The monoisotopic (exact) mass is 485 g/mol. The molecule has 0 spiro atoms. The van der Waals surface area contributed by atoms with Gasteiger partial charge >= 0.3 is 6.03 Å². The summed E-state index contributed by atoms with van der Waals surface area (Å²) in [5.41, 5.74) is 5.73. The topological polar surface area (TPSA) is 119 Å². The van der Waals surface area contributed by atoms with Gasteiger partial charge in [0.2, 0.25) is 11.8 Å². The number of ether oxygens (including phenoxy) is 1. The van der Waals surface area contributed by atoms with E-state index in [4.69, 9.17) is 10.5 Å². The van der Waals surface area contributed by atoms with Crippen molar-refractivity contribution in [2.75, 3.05) is 13.1 Å². The number of benzene rings is 1. The molecule has 0 saturated carbocycles. The summed E-state index contributed by atoms with van der Waals surface area (Å²) in [6, 6.07) is 4.99. The number of amides is 3. The molecule has 2 N–H and O–H groups in total. The fourth-order valence-corrected chi connectivity index (χ4v) is 3.91. The van der Waals surface area contributed by atoms with Gasteiger partial charge in [0, 0.05) is 24.9 Å². The van der Waals surface area contributed by atoms with Crippen LogP contribution in [0.4, 0.5) is 18.0 Å². The first-order chi connectivity index (χ1) is 16.8. The first-order valence-electron chi connectivity index (χ1n) is 10.5. The van der Waals surface area contributed by atoms with Gasteiger partial charge in [-0.1, -0.05) is 0 Å². The molecule has 1 aromatic carbocycles. The number of aromatic nitrogens is 3. The lowest BCUT2D eigenvalue weighted by Crippen LogP contribution is -2.59. The fraction of sp³-hybridized carbons (Fsp3) is 0.227. The Labute approximate surface area is 196 Å². The van der Waals surface area contributed by atoms with Gasteiger partial charge in [0.15, 0.2) is 0 Å². The molecule has 2 aliphatic heterocycles. The molecule has 1 saturated heterocycles. The molecule has 4 heterocycles. The number of rotatable bonds is 5.